The summed E-state index contributed by atoms with van der Waals surface area (Å²) in [7, 11) is 0. The number of fused-ring (bicyclic) bond motifs is 1. The lowest BCUT2D eigenvalue weighted by Crippen LogP contribution is -2.48. The number of hydrogen-bond acceptors (Lipinski definition) is 4. The number of hydrogen-bond donors (Lipinski definition) is 1. The molecule has 1 N–H and O–H groups in total. The van der Waals surface area contributed by atoms with Crippen LogP contribution in [0, 0.1) is 0 Å². The molecule has 1 aliphatic heterocycles. The molecule has 2 amide bonds. The second kappa shape index (κ2) is 8.83. The molecule has 3 aromatic rings. The highest BCUT2D eigenvalue weighted by molar-refractivity contribution is 6.09. The number of morpholine rings is 1. The Morgan fingerprint density at radius 2 is 1.67 bits per heavy atom. The van der Waals surface area contributed by atoms with Gasteiger partial charge in [0, 0.05) is 24.3 Å². The van der Waals surface area contributed by atoms with E-state index < -0.39 is 0 Å². The van der Waals surface area contributed by atoms with E-state index in [1.807, 2.05) is 61.0 Å². The van der Waals surface area contributed by atoms with Crippen LogP contribution in [0.2, 0.25) is 0 Å². The van der Waals surface area contributed by atoms with Crippen LogP contribution in [0.5, 0.6) is 0 Å². The van der Waals surface area contributed by atoms with Gasteiger partial charge in [0.05, 0.1) is 29.1 Å². The summed E-state index contributed by atoms with van der Waals surface area (Å²) < 4.78 is 7.64. The van der Waals surface area contributed by atoms with Gasteiger partial charge in [-0.05, 0) is 57.4 Å². The Hall–Kier alpha value is -3.45. The summed E-state index contributed by atoms with van der Waals surface area (Å²) in [5.74, 6) is -0.389. The van der Waals surface area contributed by atoms with Crippen molar-refractivity contribution in [3.8, 4) is 5.69 Å². The molecule has 1 aliphatic carbocycles. The quantitative estimate of drug-likeness (QED) is 0.663. The van der Waals surface area contributed by atoms with Crippen molar-refractivity contribution >= 4 is 17.5 Å². The van der Waals surface area contributed by atoms with Gasteiger partial charge in [0.1, 0.15) is 0 Å². The number of rotatable bonds is 4. The first-order chi connectivity index (χ1) is 16.0. The molecule has 1 aromatic heterocycles. The molecule has 7 heteroatoms. The Kier molecular flexibility index (Phi) is 5.72. The van der Waals surface area contributed by atoms with Crippen molar-refractivity contribution in [2.45, 2.75) is 45.3 Å². The van der Waals surface area contributed by atoms with Crippen LogP contribution in [-0.4, -0.2) is 51.8 Å². The van der Waals surface area contributed by atoms with Crippen molar-refractivity contribution in [1.82, 2.24) is 14.7 Å². The van der Waals surface area contributed by atoms with E-state index in [9.17, 15) is 9.59 Å². The lowest BCUT2D eigenvalue weighted by Gasteiger charge is -2.35. The Morgan fingerprint density at radius 1 is 0.970 bits per heavy atom. The maximum Gasteiger partial charge on any atom is 0.276 e. The van der Waals surface area contributed by atoms with Crippen molar-refractivity contribution in [3.63, 3.8) is 0 Å². The average Bonchev–Trinajstić information content (AvgIpc) is 3.42. The second-order valence-corrected chi connectivity index (χ2v) is 8.84. The van der Waals surface area contributed by atoms with E-state index in [0.29, 0.717) is 30.0 Å². The number of anilines is 1. The fourth-order valence-electron chi connectivity index (χ4n) is 4.88. The molecule has 5 rings (SSSR count). The van der Waals surface area contributed by atoms with E-state index in [-0.39, 0.29) is 24.0 Å². The molecule has 2 atom stereocenters. The predicted octanol–water partition coefficient (Wildman–Crippen LogP) is 3.86. The number of benzene rings is 2. The Morgan fingerprint density at radius 3 is 2.42 bits per heavy atom. The number of para-hydroxylation sites is 2. The van der Waals surface area contributed by atoms with Gasteiger partial charge in [0.15, 0.2) is 5.69 Å². The highest BCUT2D eigenvalue weighted by Gasteiger charge is 2.30. The van der Waals surface area contributed by atoms with E-state index in [2.05, 4.69) is 10.4 Å². The number of nitrogens with one attached hydrogen (secondary N) is 1. The maximum absolute atomic E-state index is 13.3. The third-order valence-corrected chi connectivity index (χ3v) is 6.26. The standard InChI is InChI=1S/C26H28N4O3/c1-17-15-29(16-18(2)33-17)26(32)20-11-6-7-13-22(20)27-25(31)24-21-12-8-14-23(21)30(28-24)19-9-4-3-5-10-19/h3-7,9-11,13,17-18H,8,12,14-16H2,1-2H3,(H,27,31)/t17-,18+. The molecule has 0 bridgehead atoms. The lowest BCUT2D eigenvalue weighted by molar-refractivity contribution is -0.0585. The smallest absolute Gasteiger partial charge is 0.276 e. The zero-order valence-electron chi connectivity index (χ0n) is 19.0. The predicted molar refractivity (Wildman–Crippen MR) is 126 cm³/mol. The van der Waals surface area contributed by atoms with Gasteiger partial charge < -0.3 is 15.0 Å². The van der Waals surface area contributed by atoms with Crippen molar-refractivity contribution in [1.29, 1.82) is 0 Å². The van der Waals surface area contributed by atoms with Crippen molar-refractivity contribution < 1.29 is 14.3 Å². The first-order valence-electron chi connectivity index (χ1n) is 11.5. The molecule has 0 unspecified atom stereocenters. The highest BCUT2D eigenvalue weighted by atomic mass is 16.5. The number of carbonyl (C=O) groups is 2. The van der Waals surface area contributed by atoms with E-state index >= 15 is 0 Å². The number of ether oxygens (including phenoxy) is 1. The number of aromatic nitrogens is 2. The molecule has 0 saturated carbocycles. The van der Waals surface area contributed by atoms with Crippen LogP contribution < -0.4 is 5.32 Å². The molecular weight excluding hydrogens is 416 g/mol. The van der Waals surface area contributed by atoms with Gasteiger partial charge in [-0.1, -0.05) is 30.3 Å². The summed E-state index contributed by atoms with van der Waals surface area (Å²) in [6.45, 7) is 4.99. The first-order valence-corrected chi connectivity index (χ1v) is 11.5. The molecule has 1 saturated heterocycles. The van der Waals surface area contributed by atoms with E-state index in [1.165, 1.54) is 0 Å². The molecule has 2 aromatic carbocycles. The molecule has 2 heterocycles. The molecule has 0 radical (unpaired) electrons. The summed E-state index contributed by atoms with van der Waals surface area (Å²) >= 11 is 0. The van der Waals surface area contributed by atoms with E-state index in [1.54, 1.807) is 17.0 Å². The van der Waals surface area contributed by atoms with Crippen LogP contribution in [0.3, 0.4) is 0 Å². The van der Waals surface area contributed by atoms with Gasteiger partial charge in [0.2, 0.25) is 0 Å². The van der Waals surface area contributed by atoms with Crippen LogP contribution in [0.25, 0.3) is 5.69 Å². The van der Waals surface area contributed by atoms with Crippen LogP contribution in [-0.2, 0) is 17.6 Å². The number of carbonyl (C=O) groups excluding carboxylic acids is 2. The minimum atomic E-state index is -0.285. The maximum atomic E-state index is 13.3. The molecular formula is C26H28N4O3. The minimum absolute atomic E-state index is 0.0241. The third-order valence-electron chi connectivity index (χ3n) is 6.26. The first kappa shape index (κ1) is 21.4. The summed E-state index contributed by atoms with van der Waals surface area (Å²) in [5.41, 5.74) is 4.44. The number of nitrogens with zero attached hydrogens (tertiary/aromatic N) is 3. The zero-order valence-corrected chi connectivity index (χ0v) is 19.0. The summed E-state index contributed by atoms with van der Waals surface area (Å²) in [4.78, 5) is 28.4. The van der Waals surface area contributed by atoms with Gasteiger partial charge >= 0.3 is 0 Å². The van der Waals surface area contributed by atoms with Crippen molar-refractivity contribution in [2.75, 3.05) is 18.4 Å². The van der Waals surface area contributed by atoms with Gasteiger partial charge in [0.25, 0.3) is 11.8 Å². The molecule has 1 fully saturated rings. The summed E-state index contributed by atoms with van der Waals surface area (Å²) in [6, 6.07) is 17.0. The number of amides is 2. The third kappa shape index (κ3) is 4.16. The Bertz CT molecular complexity index is 1180. The van der Waals surface area contributed by atoms with Crippen LogP contribution in [0.1, 0.15) is 52.4 Å². The molecule has 0 spiro atoms. The van der Waals surface area contributed by atoms with Gasteiger partial charge in [-0.2, -0.15) is 5.10 Å². The van der Waals surface area contributed by atoms with Crippen LogP contribution in [0.4, 0.5) is 5.69 Å². The van der Waals surface area contributed by atoms with Crippen LogP contribution in [0.15, 0.2) is 54.6 Å². The largest absolute Gasteiger partial charge is 0.372 e. The molecule has 170 valence electrons. The van der Waals surface area contributed by atoms with Crippen LogP contribution >= 0.6 is 0 Å². The monoisotopic (exact) mass is 444 g/mol. The van der Waals surface area contributed by atoms with Gasteiger partial charge in [-0.25, -0.2) is 4.68 Å². The fraction of sp³-hybridized carbons (Fsp3) is 0.346. The fourth-order valence-corrected chi connectivity index (χ4v) is 4.88. The van der Waals surface area contributed by atoms with E-state index in [0.717, 1.165) is 36.2 Å². The van der Waals surface area contributed by atoms with Gasteiger partial charge in [-0.15, -0.1) is 0 Å². The average molecular weight is 445 g/mol. The Labute approximate surface area is 193 Å². The minimum Gasteiger partial charge on any atom is -0.372 e. The molecule has 33 heavy (non-hydrogen) atoms. The molecule has 2 aliphatic rings. The molecule has 7 nitrogen and oxygen atoms in total. The zero-order chi connectivity index (χ0) is 22.9. The lowest BCUT2D eigenvalue weighted by atomic mass is 10.1. The Balaban J connectivity index is 1.42. The second-order valence-electron chi connectivity index (χ2n) is 8.84. The van der Waals surface area contributed by atoms with E-state index in [4.69, 9.17) is 4.74 Å². The summed E-state index contributed by atoms with van der Waals surface area (Å²) in [6.07, 6.45) is 2.68. The topological polar surface area (TPSA) is 76.5 Å². The SMILES string of the molecule is C[C@@H]1CN(C(=O)c2ccccc2NC(=O)c2nn(-c3ccccc3)c3c2CCC3)C[C@H](C)O1. The summed E-state index contributed by atoms with van der Waals surface area (Å²) in [5, 5.41) is 7.65. The van der Waals surface area contributed by atoms with Crippen molar-refractivity contribution in [2.24, 2.45) is 0 Å². The van der Waals surface area contributed by atoms with Gasteiger partial charge in [-0.3, -0.25) is 9.59 Å². The normalized spacial score (nSPS) is 19.9. The van der Waals surface area contributed by atoms with Crippen molar-refractivity contribution in [3.05, 3.63) is 77.1 Å². The highest BCUT2D eigenvalue weighted by Crippen LogP contribution is 2.29.